The molecule has 2 aromatic rings. The lowest BCUT2D eigenvalue weighted by atomic mass is 9.78. The first-order valence-corrected chi connectivity index (χ1v) is 10.9. The molecule has 1 aromatic heterocycles. The normalized spacial score (nSPS) is 24.9. The van der Waals surface area contributed by atoms with Gasteiger partial charge in [0.25, 0.3) is 0 Å². The number of anilines is 1. The zero-order chi connectivity index (χ0) is 20.0. The van der Waals surface area contributed by atoms with Crippen LogP contribution in [-0.2, 0) is 11.2 Å². The van der Waals surface area contributed by atoms with E-state index >= 15 is 0 Å². The number of benzene rings is 1. The summed E-state index contributed by atoms with van der Waals surface area (Å²) in [5.74, 6) is 0.841. The van der Waals surface area contributed by atoms with Gasteiger partial charge in [-0.15, -0.1) is 0 Å². The number of fused-ring (bicyclic) bond motifs is 4. The molecule has 5 rings (SSSR count). The lowest BCUT2D eigenvalue weighted by Gasteiger charge is -2.44. The smallest absolute Gasteiger partial charge is 0.360 e. The largest absolute Gasteiger partial charge is 0.508 e. The lowest BCUT2D eigenvalue weighted by Crippen LogP contribution is -2.52. The van der Waals surface area contributed by atoms with Gasteiger partial charge in [-0.25, -0.2) is 4.79 Å². The predicted molar refractivity (Wildman–Crippen MR) is 111 cm³/mol. The van der Waals surface area contributed by atoms with Gasteiger partial charge < -0.3 is 14.4 Å². The molecule has 154 valence electrons. The number of aryl methyl sites for hydroxylation is 1. The Morgan fingerprint density at radius 2 is 1.93 bits per heavy atom. The molecule has 1 aliphatic carbocycles. The molecule has 2 aliphatic heterocycles. The summed E-state index contributed by atoms with van der Waals surface area (Å²) in [7, 11) is 0. The van der Waals surface area contributed by atoms with Gasteiger partial charge in [-0.05, 0) is 74.8 Å². The van der Waals surface area contributed by atoms with Crippen LogP contribution in [0.2, 0.25) is 0 Å². The highest BCUT2D eigenvalue weighted by atomic mass is 16.4. The van der Waals surface area contributed by atoms with Crippen LogP contribution < -0.4 is 10.5 Å². The fraction of sp³-hybridized carbons (Fsp3) is 0.565. The monoisotopic (exact) mass is 396 g/mol. The molecule has 1 saturated heterocycles. The van der Waals surface area contributed by atoms with Crippen molar-refractivity contribution < 1.29 is 14.3 Å². The zero-order valence-electron chi connectivity index (χ0n) is 16.7. The second-order valence-corrected chi connectivity index (χ2v) is 8.77. The minimum absolute atomic E-state index is 0.0102. The van der Waals surface area contributed by atoms with Gasteiger partial charge in [0, 0.05) is 18.0 Å². The second kappa shape index (κ2) is 7.48. The minimum Gasteiger partial charge on any atom is -0.508 e. The van der Waals surface area contributed by atoms with Crippen molar-refractivity contribution in [1.82, 2.24) is 4.90 Å². The second-order valence-electron chi connectivity index (χ2n) is 8.77. The van der Waals surface area contributed by atoms with E-state index < -0.39 is 5.63 Å². The number of carbonyl (C=O) groups excluding carboxylic acids is 1. The van der Waals surface area contributed by atoms with Crippen LogP contribution in [0.25, 0.3) is 11.0 Å². The number of amides is 1. The van der Waals surface area contributed by atoms with Crippen LogP contribution >= 0.6 is 0 Å². The molecule has 1 aromatic carbocycles. The average Bonchev–Trinajstić information content (AvgIpc) is 2.74. The van der Waals surface area contributed by atoms with Crippen LogP contribution in [-0.4, -0.2) is 41.6 Å². The van der Waals surface area contributed by atoms with Crippen molar-refractivity contribution in [1.29, 1.82) is 0 Å². The van der Waals surface area contributed by atoms with E-state index in [0.717, 1.165) is 36.3 Å². The van der Waals surface area contributed by atoms with Crippen molar-refractivity contribution in [2.24, 2.45) is 5.92 Å². The number of phenolic OH excluding ortho intramolecular Hbond substituents is 1. The van der Waals surface area contributed by atoms with Crippen LogP contribution in [0.5, 0.6) is 5.75 Å². The summed E-state index contributed by atoms with van der Waals surface area (Å²) in [6.07, 6.45) is 8.96. The SMILES string of the molecule is O=C(CN1CCC[C@@H]2CCCC[C@@H]21)N1CCCc2c1c(=O)oc1ccc(O)cc21. The fourth-order valence-electron chi connectivity index (χ4n) is 5.73. The summed E-state index contributed by atoms with van der Waals surface area (Å²) < 4.78 is 5.50. The van der Waals surface area contributed by atoms with Gasteiger partial charge in [-0.1, -0.05) is 12.8 Å². The standard InChI is InChI=1S/C23H28N2O4/c26-16-9-10-20-18(13-16)17-7-4-12-25(22(17)23(28)29-20)21(27)14-24-11-3-6-15-5-1-2-8-19(15)24/h9-10,13,15,19,26H,1-8,11-12,14H2/t15-,19-/m0/s1. The van der Waals surface area contributed by atoms with Crippen LogP contribution in [0.15, 0.2) is 27.4 Å². The van der Waals surface area contributed by atoms with E-state index in [1.165, 1.54) is 38.2 Å². The van der Waals surface area contributed by atoms with E-state index in [1.54, 1.807) is 17.0 Å². The molecule has 2 fully saturated rings. The first kappa shape index (κ1) is 18.7. The number of piperidine rings is 1. The molecular formula is C23H28N2O4. The number of phenols is 1. The van der Waals surface area contributed by atoms with Crippen molar-refractivity contribution in [2.75, 3.05) is 24.5 Å². The van der Waals surface area contributed by atoms with Crippen molar-refractivity contribution in [2.45, 2.75) is 57.4 Å². The van der Waals surface area contributed by atoms with Crippen LogP contribution in [0.3, 0.4) is 0 Å². The number of aromatic hydroxyl groups is 1. The van der Waals surface area contributed by atoms with Gasteiger partial charge >= 0.3 is 5.63 Å². The topological polar surface area (TPSA) is 74.0 Å². The minimum atomic E-state index is -0.458. The fourth-order valence-corrected chi connectivity index (χ4v) is 5.73. The molecule has 0 bridgehead atoms. The number of nitrogens with zero attached hydrogens (tertiary/aromatic N) is 2. The van der Waals surface area contributed by atoms with Gasteiger partial charge in [0.15, 0.2) is 0 Å². The highest BCUT2D eigenvalue weighted by Crippen LogP contribution is 2.36. The zero-order valence-corrected chi connectivity index (χ0v) is 16.7. The Labute approximate surface area is 170 Å². The predicted octanol–water partition coefficient (Wildman–Crippen LogP) is 3.43. The molecule has 0 spiro atoms. The molecule has 1 saturated carbocycles. The van der Waals surface area contributed by atoms with E-state index in [9.17, 15) is 14.7 Å². The molecule has 6 heteroatoms. The Hall–Kier alpha value is -2.34. The van der Waals surface area contributed by atoms with E-state index in [1.807, 2.05) is 0 Å². The summed E-state index contributed by atoms with van der Waals surface area (Å²) in [5, 5.41) is 10.6. The Morgan fingerprint density at radius 1 is 1.10 bits per heavy atom. The summed E-state index contributed by atoms with van der Waals surface area (Å²) in [6, 6.07) is 5.27. The van der Waals surface area contributed by atoms with Crippen LogP contribution in [0.1, 0.15) is 50.5 Å². The van der Waals surface area contributed by atoms with E-state index in [2.05, 4.69) is 4.90 Å². The molecule has 6 nitrogen and oxygen atoms in total. The van der Waals surface area contributed by atoms with E-state index in [4.69, 9.17) is 4.42 Å². The van der Waals surface area contributed by atoms with Gasteiger partial charge in [-0.2, -0.15) is 0 Å². The quantitative estimate of drug-likeness (QED) is 0.788. The molecule has 29 heavy (non-hydrogen) atoms. The van der Waals surface area contributed by atoms with Crippen molar-refractivity contribution in [3.8, 4) is 5.75 Å². The van der Waals surface area contributed by atoms with Crippen molar-refractivity contribution in [3.63, 3.8) is 0 Å². The van der Waals surface area contributed by atoms with E-state index in [0.29, 0.717) is 36.8 Å². The summed E-state index contributed by atoms with van der Waals surface area (Å²) in [5.41, 5.74) is 1.19. The third-order valence-corrected chi connectivity index (χ3v) is 7.05. The molecule has 1 amide bonds. The van der Waals surface area contributed by atoms with Crippen LogP contribution in [0, 0.1) is 5.92 Å². The summed E-state index contributed by atoms with van der Waals surface area (Å²) >= 11 is 0. The number of hydrogen-bond donors (Lipinski definition) is 1. The third-order valence-electron chi connectivity index (χ3n) is 7.05. The maximum absolute atomic E-state index is 13.3. The van der Waals surface area contributed by atoms with Gasteiger partial charge in [-0.3, -0.25) is 9.69 Å². The molecule has 2 atom stereocenters. The Balaban J connectivity index is 1.45. The number of hydrogen-bond acceptors (Lipinski definition) is 5. The Kier molecular flexibility index (Phi) is 4.82. The molecule has 0 radical (unpaired) electrons. The van der Waals surface area contributed by atoms with E-state index in [-0.39, 0.29) is 11.7 Å². The van der Waals surface area contributed by atoms with Gasteiger partial charge in [0.1, 0.15) is 17.0 Å². The number of rotatable bonds is 2. The van der Waals surface area contributed by atoms with Crippen LogP contribution in [0.4, 0.5) is 5.69 Å². The van der Waals surface area contributed by atoms with Crippen molar-refractivity contribution in [3.05, 3.63) is 34.2 Å². The highest BCUT2D eigenvalue weighted by Gasteiger charge is 2.36. The molecule has 0 unspecified atom stereocenters. The maximum Gasteiger partial charge on any atom is 0.360 e. The average molecular weight is 396 g/mol. The first-order chi connectivity index (χ1) is 14.1. The number of likely N-dealkylation sites (tertiary alicyclic amines) is 1. The Bertz CT molecular complexity index is 996. The summed E-state index contributed by atoms with van der Waals surface area (Å²) in [4.78, 5) is 30.1. The summed E-state index contributed by atoms with van der Waals surface area (Å²) in [6.45, 7) is 1.88. The molecule has 1 N–H and O–H groups in total. The van der Waals surface area contributed by atoms with Gasteiger partial charge in [0.05, 0.1) is 6.54 Å². The highest BCUT2D eigenvalue weighted by molar-refractivity contribution is 5.98. The molecular weight excluding hydrogens is 368 g/mol. The molecule has 3 heterocycles. The maximum atomic E-state index is 13.3. The molecule has 3 aliphatic rings. The Morgan fingerprint density at radius 3 is 2.83 bits per heavy atom. The van der Waals surface area contributed by atoms with Crippen molar-refractivity contribution >= 4 is 22.6 Å². The number of carbonyl (C=O) groups is 1. The third kappa shape index (κ3) is 3.33. The lowest BCUT2D eigenvalue weighted by molar-refractivity contribution is -0.121. The van der Waals surface area contributed by atoms with Gasteiger partial charge in [0.2, 0.25) is 5.91 Å². The first-order valence-electron chi connectivity index (χ1n) is 10.9.